The van der Waals surface area contributed by atoms with E-state index in [1.165, 1.54) is 4.90 Å². The molecule has 0 aliphatic carbocycles. The van der Waals surface area contributed by atoms with E-state index >= 15 is 0 Å². The molecule has 0 saturated heterocycles. The van der Waals surface area contributed by atoms with Crippen LogP contribution < -0.4 is 4.90 Å². The van der Waals surface area contributed by atoms with Crippen molar-refractivity contribution < 1.29 is 4.79 Å². The van der Waals surface area contributed by atoms with Crippen LogP contribution in [-0.2, 0) is 0 Å². The summed E-state index contributed by atoms with van der Waals surface area (Å²) in [6.07, 6.45) is 2.66. The Hall–Kier alpha value is -1.81. The van der Waals surface area contributed by atoms with Gasteiger partial charge in [0, 0.05) is 17.6 Å². The van der Waals surface area contributed by atoms with Crippen molar-refractivity contribution in [3.8, 4) is 0 Å². The van der Waals surface area contributed by atoms with Crippen LogP contribution in [-0.4, -0.2) is 23.2 Å². The Kier molecular flexibility index (Phi) is 3.51. The largest absolute Gasteiger partial charge is 0.306 e. The van der Waals surface area contributed by atoms with E-state index in [1.807, 2.05) is 47.0 Å². The minimum absolute atomic E-state index is 0.0180. The van der Waals surface area contributed by atoms with E-state index in [9.17, 15) is 4.79 Å². The fraction of sp³-hybridized carbons (Fsp3) is 0.200. The number of amides is 1. The number of aromatic nitrogens is 1. The summed E-state index contributed by atoms with van der Waals surface area (Å²) in [6, 6.07) is 13.5. The Balaban J connectivity index is 1.99. The molecule has 0 spiro atoms. The molecule has 0 radical (unpaired) electrons. The number of fused-ring (bicyclic) bond motifs is 1. The molecular weight excluding hydrogens is 256 g/mol. The highest BCUT2D eigenvalue weighted by Crippen LogP contribution is 2.34. The zero-order chi connectivity index (χ0) is 13.1. The maximum atomic E-state index is 12.6. The average molecular weight is 270 g/mol. The predicted molar refractivity (Wildman–Crippen MR) is 77.7 cm³/mol. The van der Waals surface area contributed by atoms with Crippen LogP contribution in [0.1, 0.15) is 16.9 Å². The van der Waals surface area contributed by atoms with Crippen LogP contribution in [0.5, 0.6) is 0 Å². The number of thioether (sulfide) groups is 1. The number of nitrogens with zero attached hydrogens (tertiary/aromatic N) is 2. The zero-order valence-electron chi connectivity index (χ0n) is 10.5. The van der Waals surface area contributed by atoms with Crippen molar-refractivity contribution in [3.05, 3.63) is 54.4 Å². The third-order valence-corrected chi connectivity index (χ3v) is 4.22. The van der Waals surface area contributed by atoms with E-state index in [2.05, 4.69) is 11.1 Å². The Bertz CT molecular complexity index is 586. The lowest BCUT2D eigenvalue weighted by atomic mass is 10.2. The van der Waals surface area contributed by atoms with Crippen molar-refractivity contribution in [1.82, 2.24) is 4.98 Å². The van der Waals surface area contributed by atoms with Gasteiger partial charge in [0.25, 0.3) is 5.91 Å². The molecule has 0 N–H and O–H groups in total. The summed E-state index contributed by atoms with van der Waals surface area (Å²) in [7, 11) is 0. The summed E-state index contributed by atoms with van der Waals surface area (Å²) in [6.45, 7) is 0.749. The van der Waals surface area contributed by atoms with Crippen LogP contribution in [0.2, 0.25) is 0 Å². The van der Waals surface area contributed by atoms with Gasteiger partial charge in [0.2, 0.25) is 0 Å². The van der Waals surface area contributed by atoms with Gasteiger partial charge in [-0.1, -0.05) is 18.2 Å². The first-order valence-corrected chi connectivity index (χ1v) is 7.29. The lowest BCUT2D eigenvalue weighted by molar-refractivity contribution is 0.0982. The van der Waals surface area contributed by atoms with Gasteiger partial charge >= 0.3 is 0 Å². The molecule has 1 aliphatic rings. The molecule has 4 heteroatoms. The summed E-state index contributed by atoms with van der Waals surface area (Å²) in [5, 5.41) is 0. The summed E-state index contributed by atoms with van der Waals surface area (Å²) < 4.78 is 0. The number of para-hydroxylation sites is 1. The van der Waals surface area contributed by atoms with Crippen LogP contribution in [0, 0.1) is 0 Å². The zero-order valence-corrected chi connectivity index (χ0v) is 11.3. The highest BCUT2D eigenvalue weighted by molar-refractivity contribution is 7.99. The number of pyridine rings is 1. The van der Waals surface area contributed by atoms with E-state index in [-0.39, 0.29) is 5.91 Å². The quantitative estimate of drug-likeness (QED) is 0.797. The molecule has 0 saturated carbocycles. The monoisotopic (exact) mass is 270 g/mol. The molecule has 1 aromatic heterocycles. The molecule has 2 heterocycles. The molecule has 0 unspecified atom stereocenters. The van der Waals surface area contributed by atoms with Gasteiger partial charge in [-0.2, -0.15) is 0 Å². The summed E-state index contributed by atoms with van der Waals surface area (Å²) in [5.41, 5.74) is 1.50. The lowest BCUT2D eigenvalue weighted by Crippen LogP contribution is -2.32. The fourth-order valence-corrected chi connectivity index (χ4v) is 3.16. The first-order chi connectivity index (χ1) is 9.36. The van der Waals surface area contributed by atoms with Crippen LogP contribution in [0.15, 0.2) is 53.6 Å². The number of carbonyl (C=O) groups is 1. The van der Waals surface area contributed by atoms with Gasteiger partial charge in [-0.05, 0) is 36.4 Å². The van der Waals surface area contributed by atoms with Crippen molar-refractivity contribution in [2.45, 2.75) is 11.3 Å². The van der Waals surface area contributed by atoms with Crippen molar-refractivity contribution in [3.63, 3.8) is 0 Å². The first-order valence-electron chi connectivity index (χ1n) is 6.31. The van der Waals surface area contributed by atoms with E-state index in [0.29, 0.717) is 5.69 Å². The standard InChI is InChI=1S/C15H14N2OS/c18-15(12-6-3-4-9-16-12)17-10-5-11-19-14-8-2-1-7-13(14)17/h1-4,6-9H,5,10-11H2. The van der Waals surface area contributed by atoms with Crippen LogP contribution in [0.4, 0.5) is 5.69 Å². The Labute approximate surface area is 116 Å². The normalized spacial score (nSPS) is 14.6. The van der Waals surface area contributed by atoms with E-state index in [4.69, 9.17) is 0 Å². The van der Waals surface area contributed by atoms with Crippen molar-refractivity contribution in [1.29, 1.82) is 0 Å². The molecular formula is C15H14N2OS. The summed E-state index contributed by atoms with van der Waals surface area (Å²) >= 11 is 1.81. The van der Waals surface area contributed by atoms with Gasteiger partial charge in [-0.15, -0.1) is 11.8 Å². The van der Waals surface area contributed by atoms with Crippen molar-refractivity contribution in [2.75, 3.05) is 17.2 Å². The summed E-state index contributed by atoms with van der Waals surface area (Å²) in [4.78, 5) is 19.7. The van der Waals surface area contributed by atoms with Crippen LogP contribution in [0.25, 0.3) is 0 Å². The summed E-state index contributed by atoms with van der Waals surface area (Å²) in [5.74, 6) is 1.03. The van der Waals surface area contributed by atoms with E-state index in [0.717, 1.165) is 24.4 Å². The van der Waals surface area contributed by atoms with Crippen molar-refractivity contribution in [2.24, 2.45) is 0 Å². The maximum absolute atomic E-state index is 12.6. The first kappa shape index (κ1) is 12.2. The number of hydrogen-bond acceptors (Lipinski definition) is 3. The van der Waals surface area contributed by atoms with E-state index < -0.39 is 0 Å². The minimum atomic E-state index is -0.0180. The van der Waals surface area contributed by atoms with Crippen LogP contribution in [0.3, 0.4) is 0 Å². The number of anilines is 1. The number of carbonyl (C=O) groups excluding carboxylic acids is 1. The second kappa shape index (κ2) is 5.45. The minimum Gasteiger partial charge on any atom is -0.306 e. The second-order valence-electron chi connectivity index (χ2n) is 4.34. The third-order valence-electron chi connectivity index (χ3n) is 3.07. The number of hydrogen-bond donors (Lipinski definition) is 0. The van der Waals surface area contributed by atoms with Gasteiger partial charge in [0.05, 0.1) is 5.69 Å². The average Bonchev–Trinajstić information content (AvgIpc) is 2.70. The predicted octanol–water partition coefficient (Wildman–Crippen LogP) is 3.22. The third kappa shape index (κ3) is 2.49. The molecule has 1 aromatic carbocycles. The Morgan fingerprint density at radius 3 is 2.84 bits per heavy atom. The molecule has 0 bridgehead atoms. The SMILES string of the molecule is O=C(c1ccccn1)N1CCCSc2ccccc21. The van der Waals surface area contributed by atoms with E-state index in [1.54, 1.807) is 12.3 Å². The highest BCUT2D eigenvalue weighted by atomic mass is 32.2. The van der Waals surface area contributed by atoms with Crippen molar-refractivity contribution >= 4 is 23.4 Å². The molecule has 1 aliphatic heterocycles. The molecule has 96 valence electrons. The van der Waals surface area contributed by atoms with Gasteiger partial charge in [-0.3, -0.25) is 9.78 Å². The highest BCUT2D eigenvalue weighted by Gasteiger charge is 2.22. The fourth-order valence-electron chi connectivity index (χ4n) is 2.17. The number of benzene rings is 1. The smallest absolute Gasteiger partial charge is 0.276 e. The molecule has 0 atom stereocenters. The topological polar surface area (TPSA) is 33.2 Å². The number of rotatable bonds is 1. The maximum Gasteiger partial charge on any atom is 0.276 e. The lowest BCUT2D eigenvalue weighted by Gasteiger charge is -2.21. The molecule has 19 heavy (non-hydrogen) atoms. The molecule has 3 nitrogen and oxygen atoms in total. The molecule has 1 amide bonds. The van der Waals surface area contributed by atoms with Gasteiger partial charge in [0.15, 0.2) is 0 Å². The molecule has 0 fully saturated rings. The second-order valence-corrected chi connectivity index (χ2v) is 5.48. The van der Waals surface area contributed by atoms with Gasteiger partial charge in [0.1, 0.15) is 5.69 Å². The molecule has 3 rings (SSSR count). The Morgan fingerprint density at radius 2 is 2.00 bits per heavy atom. The van der Waals surface area contributed by atoms with Gasteiger partial charge < -0.3 is 4.90 Å². The van der Waals surface area contributed by atoms with Gasteiger partial charge in [-0.25, -0.2) is 0 Å². The van der Waals surface area contributed by atoms with Crippen LogP contribution >= 0.6 is 11.8 Å². The Morgan fingerprint density at radius 1 is 1.16 bits per heavy atom. The molecule has 2 aromatic rings.